The number of ether oxygens (including phenoxy) is 1. The molecule has 0 radical (unpaired) electrons. The van der Waals surface area contributed by atoms with Crippen molar-refractivity contribution >= 4 is 0 Å². The summed E-state index contributed by atoms with van der Waals surface area (Å²) in [5, 5.41) is 3.70. The molecule has 0 saturated heterocycles. The predicted molar refractivity (Wildman–Crippen MR) is 89.6 cm³/mol. The van der Waals surface area contributed by atoms with Gasteiger partial charge in [0.2, 0.25) is 0 Å². The Labute approximate surface area is 129 Å². The van der Waals surface area contributed by atoms with Crippen molar-refractivity contribution in [3.05, 3.63) is 42.5 Å². The van der Waals surface area contributed by atoms with Crippen molar-refractivity contribution in [3.63, 3.8) is 0 Å². The molecule has 116 valence electrons. The van der Waals surface area contributed by atoms with E-state index in [2.05, 4.69) is 31.0 Å². The number of hydrogen-bond donors (Lipinski definition) is 1. The average Bonchev–Trinajstić information content (AvgIpc) is 2.81. The first-order valence-electron chi connectivity index (χ1n) is 8.35. The van der Waals surface area contributed by atoms with E-state index in [1.165, 1.54) is 44.1 Å². The van der Waals surface area contributed by atoms with Crippen molar-refractivity contribution in [1.82, 2.24) is 5.32 Å². The molecule has 1 aliphatic carbocycles. The maximum absolute atomic E-state index is 5.51. The maximum atomic E-state index is 5.51. The van der Waals surface area contributed by atoms with Crippen LogP contribution in [0.3, 0.4) is 0 Å². The lowest BCUT2D eigenvalue weighted by molar-refractivity contribution is 0.336. The minimum absolute atomic E-state index is 0.566. The Kier molecular flexibility index (Phi) is 6.81. The Hall–Kier alpha value is -1.28. The highest BCUT2D eigenvalue weighted by Gasteiger charge is 2.18. The molecule has 1 saturated carbocycles. The van der Waals surface area contributed by atoms with Gasteiger partial charge in [0.05, 0.1) is 0 Å². The fraction of sp³-hybridized carbons (Fsp3) is 0.579. The minimum atomic E-state index is 0.566. The van der Waals surface area contributed by atoms with Gasteiger partial charge >= 0.3 is 0 Å². The Balaban J connectivity index is 1.77. The molecule has 1 fully saturated rings. The maximum Gasteiger partial charge on any atom is 0.119 e. The molecule has 0 heterocycles. The Morgan fingerprint density at radius 3 is 2.48 bits per heavy atom. The van der Waals surface area contributed by atoms with E-state index in [0.717, 1.165) is 18.2 Å². The van der Waals surface area contributed by atoms with Crippen molar-refractivity contribution in [2.24, 2.45) is 5.92 Å². The highest BCUT2D eigenvalue weighted by atomic mass is 16.5. The number of nitrogens with one attached hydrogen (secondary N) is 1. The molecular weight excluding hydrogens is 258 g/mol. The lowest BCUT2D eigenvalue weighted by Crippen LogP contribution is -2.32. The van der Waals surface area contributed by atoms with E-state index in [9.17, 15) is 0 Å². The molecule has 0 spiro atoms. The summed E-state index contributed by atoms with van der Waals surface area (Å²) in [6, 6.07) is 8.98. The standard InChI is InChI=1S/C19H29NO/c1-3-14-21-19-12-10-17(11-13-19)15-20-16(2)18-8-6-4-5-7-9-18/h3,10-13,16,18,20H,1,4-9,14-15H2,2H3/t16-/m0/s1. The van der Waals surface area contributed by atoms with Crippen LogP contribution >= 0.6 is 0 Å². The molecule has 1 aromatic carbocycles. The van der Waals surface area contributed by atoms with Crippen LogP contribution in [0.15, 0.2) is 36.9 Å². The lowest BCUT2D eigenvalue weighted by Gasteiger charge is -2.23. The number of hydrogen-bond acceptors (Lipinski definition) is 2. The third-order valence-electron chi connectivity index (χ3n) is 4.53. The molecule has 0 amide bonds. The van der Waals surface area contributed by atoms with Gasteiger partial charge in [-0.15, -0.1) is 0 Å². The van der Waals surface area contributed by atoms with Crippen LogP contribution in [0.1, 0.15) is 51.0 Å². The quantitative estimate of drug-likeness (QED) is 0.580. The van der Waals surface area contributed by atoms with Crippen molar-refractivity contribution in [2.75, 3.05) is 6.61 Å². The van der Waals surface area contributed by atoms with Crippen LogP contribution < -0.4 is 10.1 Å². The SMILES string of the molecule is C=CCOc1ccc(CN[C@@H](C)C2CCCCCC2)cc1. The minimum Gasteiger partial charge on any atom is -0.490 e. The first kappa shape index (κ1) is 16.1. The van der Waals surface area contributed by atoms with Gasteiger partial charge < -0.3 is 10.1 Å². The van der Waals surface area contributed by atoms with E-state index in [1.54, 1.807) is 6.08 Å². The zero-order valence-electron chi connectivity index (χ0n) is 13.3. The van der Waals surface area contributed by atoms with Gasteiger partial charge in [0.25, 0.3) is 0 Å². The van der Waals surface area contributed by atoms with Gasteiger partial charge in [-0.25, -0.2) is 0 Å². The van der Waals surface area contributed by atoms with Crippen LogP contribution in [0.5, 0.6) is 5.75 Å². The Morgan fingerprint density at radius 2 is 1.86 bits per heavy atom. The zero-order chi connectivity index (χ0) is 14.9. The van der Waals surface area contributed by atoms with Crippen LogP contribution in [0.2, 0.25) is 0 Å². The highest BCUT2D eigenvalue weighted by molar-refractivity contribution is 5.27. The van der Waals surface area contributed by atoms with Gasteiger partial charge in [-0.1, -0.05) is 50.5 Å². The van der Waals surface area contributed by atoms with E-state index < -0.39 is 0 Å². The lowest BCUT2D eigenvalue weighted by atomic mass is 9.93. The summed E-state index contributed by atoms with van der Waals surface area (Å²) in [5.74, 6) is 1.76. The molecule has 1 atom stereocenters. The molecular formula is C19H29NO. The van der Waals surface area contributed by atoms with Crippen molar-refractivity contribution < 1.29 is 4.74 Å². The van der Waals surface area contributed by atoms with Crippen molar-refractivity contribution in [1.29, 1.82) is 0 Å². The molecule has 2 heteroatoms. The molecule has 2 rings (SSSR count). The molecule has 1 aliphatic rings. The molecule has 1 N–H and O–H groups in total. The first-order chi connectivity index (χ1) is 10.3. The summed E-state index contributed by atoms with van der Waals surface area (Å²) in [7, 11) is 0. The Bertz CT molecular complexity index is 404. The van der Waals surface area contributed by atoms with E-state index in [4.69, 9.17) is 4.74 Å². The second kappa shape index (κ2) is 8.89. The Morgan fingerprint density at radius 1 is 1.19 bits per heavy atom. The van der Waals surface area contributed by atoms with Gasteiger partial charge in [0.1, 0.15) is 12.4 Å². The first-order valence-corrected chi connectivity index (χ1v) is 8.35. The summed E-state index contributed by atoms with van der Waals surface area (Å²) in [6.45, 7) is 7.51. The largest absolute Gasteiger partial charge is 0.490 e. The van der Waals surface area contributed by atoms with Gasteiger partial charge in [0.15, 0.2) is 0 Å². The van der Waals surface area contributed by atoms with Crippen LogP contribution in [0.4, 0.5) is 0 Å². The monoisotopic (exact) mass is 287 g/mol. The summed E-state index contributed by atoms with van der Waals surface area (Å²) in [4.78, 5) is 0. The van der Waals surface area contributed by atoms with Crippen molar-refractivity contribution in [2.45, 2.75) is 58.0 Å². The van der Waals surface area contributed by atoms with Gasteiger partial charge in [-0.05, 0) is 43.4 Å². The van der Waals surface area contributed by atoms with Gasteiger partial charge in [-0.2, -0.15) is 0 Å². The topological polar surface area (TPSA) is 21.3 Å². The number of rotatable bonds is 7. The molecule has 0 unspecified atom stereocenters. The van der Waals surface area contributed by atoms with Gasteiger partial charge in [-0.3, -0.25) is 0 Å². The second-order valence-electron chi connectivity index (χ2n) is 6.16. The molecule has 1 aromatic rings. The summed E-state index contributed by atoms with van der Waals surface area (Å²) >= 11 is 0. The van der Waals surface area contributed by atoms with Gasteiger partial charge in [0, 0.05) is 12.6 Å². The van der Waals surface area contributed by atoms with Crippen molar-refractivity contribution in [3.8, 4) is 5.75 Å². The molecule has 2 nitrogen and oxygen atoms in total. The van der Waals surface area contributed by atoms with Crippen LogP contribution in [-0.2, 0) is 6.54 Å². The average molecular weight is 287 g/mol. The van der Waals surface area contributed by atoms with Crippen LogP contribution in [-0.4, -0.2) is 12.6 Å². The van der Waals surface area contributed by atoms with E-state index in [0.29, 0.717) is 12.6 Å². The van der Waals surface area contributed by atoms with E-state index in [-0.39, 0.29) is 0 Å². The van der Waals surface area contributed by atoms with E-state index >= 15 is 0 Å². The summed E-state index contributed by atoms with van der Waals surface area (Å²) < 4.78 is 5.51. The highest BCUT2D eigenvalue weighted by Crippen LogP contribution is 2.25. The third kappa shape index (κ3) is 5.55. The van der Waals surface area contributed by atoms with E-state index in [1.807, 2.05) is 12.1 Å². The summed E-state index contributed by atoms with van der Waals surface area (Å²) in [5.41, 5.74) is 1.32. The molecule has 0 aromatic heterocycles. The normalized spacial score (nSPS) is 18.0. The summed E-state index contributed by atoms with van der Waals surface area (Å²) in [6.07, 6.45) is 10.2. The number of benzene rings is 1. The fourth-order valence-electron chi connectivity index (χ4n) is 3.12. The van der Waals surface area contributed by atoms with Crippen LogP contribution in [0.25, 0.3) is 0 Å². The van der Waals surface area contributed by atoms with Crippen LogP contribution in [0, 0.1) is 5.92 Å². The fourth-order valence-corrected chi connectivity index (χ4v) is 3.12. The molecule has 0 bridgehead atoms. The molecule has 0 aliphatic heterocycles. The predicted octanol–water partition coefficient (Wildman–Crippen LogP) is 4.70. The molecule has 21 heavy (non-hydrogen) atoms. The third-order valence-corrected chi connectivity index (χ3v) is 4.53. The zero-order valence-corrected chi connectivity index (χ0v) is 13.3. The smallest absolute Gasteiger partial charge is 0.119 e. The second-order valence-corrected chi connectivity index (χ2v) is 6.16.